The minimum atomic E-state index is -0.175. The molecule has 1 N–H and O–H groups in total. The van der Waals surface area contributed by atoms with Crippen LogP contribution in [0.25, 0.3) is 0 Å². The zero-order valence-electron chi connectivity index (χ0n) is 9.70. The highest BCUT2D eigenvalue weighted by Crippen LogP contribution is 2.17. The van der Waals surface area contributed by atoms with Crippen LogP contribution in [0.3, 0.4) is 0 Å². The topological polar surface area (TPSA) is 21.3 Å². The number of hydrogen-bond donors (Lipinski definition) is 1. The lowest BCUT2D eigenvalue weighted by atomic mass is 10.3. The zero-order valence-corrected chi connectivity index (χ0v) is 10.5. The van der Waals surface area contributed by atoms with Crippen LogP contribution in [-0.2, 0) is 4.74 Å². The van der Waals surface area contributed by atoms with Gasteiger partial charge in [-0.05, 0) is 25.1 Å². The van der Waals surface area contributed by atoms with Gasteiger partial charge >= 0.3 is 0 Å². The molecule has 0 aliphatic carbocycles. The standard InChI is InChI=1S/C12H18FNOS/c1-10(9-15-2)14-6-7-16-12-5-3-4-11(13)8-12/h3-5,8,10,14H,6-7,9H2,1-2H3. The third-order valence-electron chi connectivity index (χ3n) is 2.08. The molecule has 90 valence electrons. The van der Waals surface area contributed by atoms with Gasteiger partial charge in [-0.2, -0.15) is 0 Å². The van der Waals surface area contributed by atoms with Crippen LogP contribution in [0.1, 0.15) is 6.92 Å². The molecule has 4 heteroatoms. The first-order valence-corrected chi connectivity index (χ1v) is 6.31. The van der Waals surface area contributed by atoms with Gasteiger partial charge in [0.2, 0.25) is 0 Å². The van der Waals surface area contributed by atoms with E-state index in [1.54, 1.807) is 31.0 Å². The minimum absolute atomic E-state index is 0.175. The normalized spacial score (nSPS) is 12.7. The summed E-state index contributed by atoms with van der Waals surface area (Å²) in [6, 6.07) is 7.04. The van der Waals surface area contributed by atoms with Gasteiger partial charge < -0.3 is 10.1 Å². The van der Waals surface area contributed by atoms with Crippen LogP contribution in [0.15, 0.2) is 29.2 Å². The Morgan fingerprint density at radius 2 is 2.31 bits per heavy atom. The van der Waals surface area contributed by atoms with Gasteiger partial charge in [-0.15, -0.1) is 11.8 Å². The van der Waals surface area contributed by atoms with Crippen LogP contribution >= 0.6 is 11.8 Å². The highest BCUT2D eigenvalue weighted by molar-refractivity contribution is 7.99. The highest BCUT2D eigenvalue weighted by Gasteiger charge is 2.00. The third kappa shape index (κ3) is 5.49. The Morgan fingerprint density at radius 3 is 3.00 bits per heavy atom. The fourth-order valence-corrected chi connectivity index (χ4v) is 2.17. The molecule has 1 aromatic carbocycles. The predicted octanol–water partition coefficient (Wildman–Crippen LogP) is 2.54. The molecule has 0 spiro atoms. The van der Waals surface area contributed by atoms with Crippen LogP contribution in [0.5, 0.6) is 0 Å². The molecule has 1 unspecified atom stereocenters. The molecule has 16 heavy (non-hydrogen) atoms. The van der Waals surface area contributed by atoms with Crippen molar-refractivity contribution >= 4 is 11.8 Å². The molecule has 0 heterocycles. The number of methoxy groups -OCH3 is 1. The Balaban J connectivity index is 2.16. The fraction of sp³-hybridized carbons (Fsp3) is 0.500. The smallest absolute Gasteiger partial charge is 0.124 e. The van der Waals surface area contributed by atoms with Crippen LogP contribution in [0, 0.1) is 5.82 Å². The first kappa shape index (κ1) is 13.5. The first-order valence-electron chi connectivity index (χ1n) is 5.33. The lowest BCUT2D eigenvalue weighted by Crippen LogP contribution is -2.31. The third-order valence-corrected chi connectivity index (χ3v) is 3.07. The van der Waals surface area contributed by atoms with Crippen molar-refractivity contribution in [2.75, 3.05) is 26.0 Å². The highest BCUT2D eigenvalue weighted by atomic mass is 32.2. The molecular formula is C12H18FNOS. The van der Waals surface area contributed by atoms with E-state index in [2.05, 4.69) is 12.2 Å². The number of halogens is 1. The van der Waals surface area contributed by atoms with Gasteiger partial charge in [0.15, 0.2) is 0 Å². The van der Waals surface area contributed by atoms with Gasteiger partial charge in [-0.25, -0.2) is 4.39 Å². The summed E-state index contributed by atoms with van der Waals surface area (Å²) in [6.07, 6.45) is 0. The summed E-state index contributed by atoms with van der Waals surface area (Å²) in [5.41, 5.74) is 0. The summed E-state index contributed by atoms with van der Waals surface area (Å²) in [5.74, 6) is 0.753. The number of benzene rings is 1. The van der Waals surface area contributed by atoms with Gasteiger partial charge in [0.05, 0.1) is 6.61 Å². The van der Waals surface area contributed by atoms with Gasteiger partial charge in [0, 0.05) is 30.3 Å². The summed E-state index contributed by atoms with van der Waals surface area (Å²) in [5, 5.41) is 3.33. The predicted molar refractivity (Wildman–Crippen MR) is 66.5 cm³/mol. The molecule has 0 saturated carbocycles. The molecule has 2 nitrogen and oxygen atoms in total. The average molecular weight is 243 g/mol. The Bertz CT molecular complexity index is 309. The zero-order chi connectivity index (χ0) is 11.8. The molecule has 0 aliphatic rings. The Labute approximate surface area is 101 Å². The maximum atomic E-state index is 12.9. The van der Waals surface area contributed by atoms with Crippen molar-refractivity contribution in [3.63, 3.8) is 0 Å². The second-order valence-corrected chi connectivity index (χ2v) is 4.78. The first-order chi connectivity index (χ1) is 7.72. The summed E-state index contributed by atoms with van der Waals surface area (Å²) in [6.45, 7) is 3.69. The van der Waals surface area contributed by atoms with Crippen LogP contribution in [-0.4, -0.2) is 32.1 Å². The molecule has 1 rings (SSSR count). The van der Waals surface area contributed by atoms with Gasteiger partial charge in [0.1, 0.15) is 5.82 Å². The lowest BCUT2D eigenvalue weighted by Gasteiger charge is -2.12. The van der Waals surface area contributed by atoms with Gasteiger partial charge in [0.25, 0.3) is 0 Å². The molecule has 0 fully saturated rings. The number of rotatable bonds is 7. The molecule has 0 bridgehead atoms. The van der Waals surface area contributed by atoms with E-state index in [1.165, 1.54) is 6.07 Å². The van der Waals surface area contributed by atoms with Crippen molar-refractivity contribution in [3.05, 3.63) is 30.1 Å². The van der Waals surface area contributed by atoms with E-state index in [0.29, 0.717) is 12.6 Å². The average Bonchev–Trinajstić information content (AvgIpc) is 2.25. The van der Waals surface area contributed by atoms with E-state index in [0.717, 1.165) is 17.2 Å². The molecule has 1 atom stereocenters. The summed E-state index contributed by atoms with van der Waals surface area (Å²) >= 11 is 1.65. The second-order valence-electron chi connectivity index (χ2n) is 3.62. The molecule has 0 saturated heterocycles. The number of thioether (sulfide) groups is 1. The van der Waals surface area contributed by atoms with E-state index < -0.39 is 0 Å². The maximum Gasteiger partial charge on any atom is 0.124 e. The summed E-state index contributed by atoms with van der Waals surface area (Å²) in [7, 11) is 1.69. The number of ether oxygens (including phenoxy) is 1. The maximum absolute atomic E-state index is 12.9. The molecule has 0 radical (unpaired) electrons. The minimum Gasteiger partial charge on any atom is -0.383 e. The summed E-state index contributed by atoms with van der Waals surface area (Å²) in [4.78, 5) is 0.973. The Morgan fingerprint density at radius 1 is 1.50 bits per heavy atom. The molecule has 1 aromatic rings. The Hall–Kier alpha value is -0.580. The largest absolute Gasteiger partial charge is 0.383 e. The van der Waals surface area contributed by atoms with Crippen LogP contribution in [0.2, 0.25) is 0 Å². The van der Waals surface area contributed by atoms with Crippen molar-refractivity contribution in [2.24, 2.45) is 0 Å². The van der Waals surface area contributed by atoms with E-state index >= 15 is 0 Å². The van der Waals surface area contributed by atoms with E-state index in [4.69, 9.17) is 4.74 Å². The van der Waals surface area contributed by atoms with Crippen molar-refractivity contribution in [2.45, 2.75) is 17.9 Å². The molecule has 0 aliphatic heterocycles. The second kappa shape index (κ2) is 7.65. The Kier molecular flexibility index (Phi) is 6.45. The number of nitrogens with one attached hydrogen (secondary N) is 1. The van der Waals surface area contributed by atoms with E-state index in [9.17, 15) is 4.39 Å². The molecule has 0 aromatic heterocycles. The molecule has 0 amide bonds. The van der Waals surface area contributed by atoms with E-state index in [-0.39, 0.29) is 5.82 Å². The van der Waals surface area contributed by atoms with Gasteiger partial charge in [-0.1, -0.05) is 6.07 Å². The summed E-state index contributed by atoms with van der Waals surface area (Å²) < 4.78 is 17.9. The van der Waals surface area contributed by atoms with Crippen LogP contribution < -0.4 is 5.32 Å². The van der Waals surface area contributed by atoms with Crippen LogP contribution in [0.4, 0.5) is 4.39 Å². The monoisotopic (exact) mass is 243 g/mol. The van der Waals surface area contributed by atoms with Gasteiger partial charge in [-0.3, -0.25) is 0 Å². The van der Waals surface area contributed by atoms with Crippen molar-refractivity contribution in [3.8, 4) is 0 Å². The quantitative estimate of drug-likeness (QED) is 0.587. The number of hydrogen-bond acceptors (Lipinski definition) is 3. The SMILES string of the molecule is COCC(C)NCCSc1cccc(F)c1. The fourth-order valence-electron chi connectivity index (χ4n) is 1.34. The lowest BCUT2D eigenvalue weighted by molar-refractivity contribution is 0.173. The van der Waals surface area contributed by atoms with Crippen molar-refractivity contribution in [1.82, 2.24) is 5.32 Å². The van der Waals surface area contributed by atoms with Crippen molar-refractivity contribution in [1.29, 1.82) is 0 Å². The van der Waals surface area contributed by atoms with Crippen molar-refractivity contribution < 1.29 is 9.13 Å². The van der Waals surface area contributed by atoms with E-state index in [1.807, 2.05) is 6.07 Å². The molecular weight excluding hydrogens is 225 g/mol.